The number of halogens is 1. The summed E-state index contributed by atoms with van der Waals surface area (Å²) in [6, 6.07) is 6.80. The standard InChI is InChI=1S/C16H23N5O2S2.HI/c1-12-21-14(11-24-12)7-8-19-16(17-2)20-10-13-5-4-6-15(9-13)25(22,23)18-3;/h4-6,9,11,18H,7-8,10H2,1-3H3,(H2,17,19,20);1H. The number of thiazole rings is 1. The summed E-state index contributed by atoms with van der Waals surface area (Å²) in [5.74, 6) is 0.661. The predicted octanol–water partition coefficient (Wildman–Crippen LogP) is 1.89. The van der Waals surface area contributed by atoms with Gasteiger partial charge in [-0.15, -0.1) is 35.3 Å². The van der Waals surface area contributed by atoms with Gasteiger partial charge in [-0.3, -0.25) is 4.99 Å². The Bertz CT molecular complexity index is 837. The third kappa shape index (κ3) is 6.82. The number of rotatable bonds is 7. The summed E-state index contributed by atoms with van der Waals surface area (Å²) in [6.07, 6.45) is 0.820. The van der Waals surface area contributed by atoms with Crippen molar-refractivity contribution in [2.75, 3.05) is 20.6 Å². The minimum Gasteiger partial charge on any atom is -0.356 e. The molecule has 0 atom stereocenters. The lowest BCUT2D eigenvalue weighted by Gasteiger charge is -2.12. The van der Waals surface area contributed by atoms with Crippen LogP contribution in [0.25, 0.3) is 0 Å². The second kappa shape index (κ2) is 10.8. The number of aryl methyl sites for hydroxylation is 1. The van der Waals surface area contributed by atoms with E-state index in [4.69, 9.17) is 0 Å². The monoisotopic (exact) mass is 509 g/mol. The van der Waals surface area contributed by atoms with E-state index in [9.17, 15) is 8.42 Å². The van der Waals surface area contributed by atoms with E-state index < -0.39 is 10.0 Å². The molecule has 3 N–H and O–H groups in total. The molecule has 0 aliphatic rings. The lowest BCUT2D eigenvalue weighted by atomic mass is 10.2. The highest BCUT2D eigenvalue weighted by Gasteiger charge is 2.11. The first-order chi connectivity index (χ1) is 11.9. The second-order valence-corrected chi connectivity index (χ2v) is 8.26. The van der Waals surface area contributed by atoms with E-state index in [0.29, 0.717) is 12.5 Å². The number of sulfonamides is 1. The summed E-state index contributed by atoms with van der Waals surface area (Å²) in [6.45, 7) is 3.18. The molecule has 2 aromatic rings. The maximum atomic E-state index is 11.9. The molecule has 0 bridgehead atoms. The number of aliphatic imine (C=N–C) groups is 1. The van der Waals surface area contributed by atoms with Gasteiger partial charge >= 0.3 is 0 Å². The van der Waals surface area contributed by atoms with Gasteiger partial charge in [-0.2, -0.15) is 0 Å². The average molecular weight is 509 g/mol. The van der Waals surface area contributed by atoms with Crippen molar-refractivity contribution < 1.29 is 8.42 Å². The summed E-state index contributed by atoms with van der Waals surface area (Å²) >= 11 is 1.64. The van der Waals surface area contributed by atoms with Crippen molar-refractivity contribution in [2.45, 2.75) is 24.8 Å². The smallest absolute Gasteiger partial charge is 0.240 e. The molecule has 1 heterocycles. The van der Waals surface area contributed by atoms with Gasteiger partial charge in [0.2, 0.25) is 10.0 Å². The van der Waals surface area contributed by atoms with Gasteiger partial charge in [0, 0.05) is 31.9 Å². The van der Waals surface area contributed by atoms with Gasteiger partial charge in [0.1, 0.15) is 0 Å². The molecule has 0 saturated carbocycles. The zero-order valence-corrected chi connectivity index (χ0v) is 18.9. The minimum absolute atomic E-state index is 0. The fraction of sp³-hybridized carbons (Fsp3) is 0.375. The van der Waals surface area contributed by atoms with Gasteiger partial charge in [-0.25, -0.2) is 18.1 Å². The van der Waals surface area contributed by atoms with Gasteiger partial charge in [0.15, 0.2) is 5.96 Å². The highest BCUT2D eigenvalue weighted by molar-refractivity contribution is 14.0. The molecule has 10 heteroatoms. The van der Waals surface area contributed by atoms with Crippen LogP contribution in [-0.2, 0) is 23.0 Å². The fourth-order valence-electron chi connectivity index (χ4n) is 2.18. The van der Waals surface area contributed by atoms with Crippen LogP contribution >= 0.6 is 35.3 Å². The van der Waals surface area contributed by atoms with Crippen molar-refractivity contribution in [3.63, 3.8) is 0 Å². The first-order valence-electron chi connectivity index (χ1n) is 7.82. The number of hydrogen-bond acceptors (Lipinski definition) is 5. The van der Waals surface area contributed by atoms with Crippen LogP contribution in [0.2, 0.25) is 0 Å². The lowest BCUT2D eigenvalue weighted by Crippen LogP contribution is -2.37. The van der Waals surface area contributed by atoms with E-state index in [1.807, 2.05) is 13.0 Å². The normalized spacial score (nSPS) is 11.7. The van der Waals surface area contributed by atoms with Gasteiger partial charge in [-0.05, 0) is 31.7 Å². The zero-order valence-electron chi connectivity index (χ0n) is 14.9. The van der Waals surface area contributed by atoms with Crippen LogP contribution in [0.15, 0.2) is 39.5 Å². The van der Waals surface area contributed by atoms with E-state index in [1.54, 1.807) is 36.6 Å². The third-order valence-electron chi connectivity index (χ3n) is 3.50. The fourth-order valence-corrected chi connectivity index (χ4v) is 3.63. The van der Waals surface area contributed by atoms with Crippen LogP contribution in [0.5, 0.6) is 0 Å². The van der Waals surface area contributed by atoms with Crippen LogP contribution in [0.3, 0.4) is 0 Å². The molecule has 7 nitrogen and oxygen atoms in total. The molecule has 0 spiro atoms. The van der Waals surface area contributed by atoms with Crippen LogP contribution in [0.1, 0.15) is 16.3 Å². The predicted molar refractivity (Wildman–Crippen MR) is 117 cm³/mol. The largest absolute Gasteiger partial charge is 0.356 e. The van der Waals surface area contributed by atoms with Crippen molar-refractivity contribution in [1.29, 1.82) is 0 Å². The Balaban J connectivity index is 0.00000338. The molecule has 1 aromatic heterocycles. The molecule has 144 valence electrons. The number of nitrogens with zero attached hydrogens (tertiary/aromatic N) is 2. The molecular weight excluding hydrogens is 485 g/mol. The molecule has 0 aliphatic carbocycles. The third-order valence-corrected chi connectivity index (χ3v) is 5.74. The number of hydrogen-bond donors (Lipinski definition) is 3. The zero-order chi connectivity index (χ0) is 18.3. The Morgan fingerprint density at radius 3 is 2.69 bits per heavy atom. The van der Waals surface area contributed by atoms with Gasteiger partial charge in [-0.1, -0.05) is 12.1 Å². The molecular formula is C16H24IN5O2S2. The van der Waals surface area contributed by atoms with Gasteiger partial charge < -0.3 is 10.6 Å². The molecule has 0 aliphatic heterocycles. The van der Waals surface area contributed by atoms with E-state index in [1.165, 1.54) is 7.05 Å². The number of benzene rings is 1. The Labute approximate surface area is 175 Å². The number of guanidine groups is 1. The quantitative estimate of drug-likeness (QED) is 0.301. The average Bonchev–Trinajstić information content (AvgIpc) is 3.03. The van der Waals surface area contributed by atoms with E-state index in [0.717, 1.165) is 29.2 Å². The minimum atomic E-state index is -3.44. The maximum absolute atomic E-state index is 11.9. The highest BCUT2D eigenvalue weighted by atomic mass is 127. The first kappa shape index (κ1) is 22.8. The number of nitrogens with one attached hydrogen (secondary N) is 3. The van der Waals surface area contributed by atoms with E-state index in [2.05, 4.69) is 30.7 Å². The van der Waals surface area contributed by atoms with E-state index in [-0.39, 0.29) is 28.9 Å². The molecule has 0 unspecified atom stereocenters. The van der Waals surface area contributed by atoms with Crippen molar-refractivity contribution in [3.8, 4) is 0 Å². The molecule has 1 aromatic carbocycles. The molecule has 0 saturated heterocycles. The summed E-state index contributed by atoms with van der Waals surface area (Å²) in [5.41, 5.74) is 1.92. The summed E-state index contributed by atoms with van der Waals surface area (Å²) in [5, 5.41) is 9.53. The molecule has 0 radical (unpaired) electrons. The SMILES string of the molecule is CN=C(NCCc1csc(C)n1)NCc1cccc(S(=O)(=O)NC)c1.I. The summed E-state index contributed by atoms with van der Waals surface area (Å²) < 4.78 is 26.0. The van der Waals surface area contributed by atoms with Crippen molar-refractivity contribution in [3.05, 3.63) is 45.9 Å². The second-order valence-electron chi connectivity index (χ2n) is 5.32. The van der Waals surface area contributed by atoms with Gasteiger partial charge in [0.05, 0.1) is 15.6 Å². The molecule has 26 heavy (non-hydrogen) atoms. The summed E-state index contributed by atoms with van der Waals surface area (Å²) in [4.78, 5) is 8.84. The van der Waals surface area contributed by atoms with Gasteiger partial charge in [0.25, 0.3) is 0 Å². The Morgan fingerprint density at radius 1 is 1.31 bits per heavy atom. The first-order valence-corrected chi connectivity index (χ1v) is 10.2. The van der Waals surface area contributed by atoms with Crippen LogP contribution < -0.4 is 15.4 Å². The van der Waals surface area contributed by atoms with E-state index >= 15 is 0 Å². The Hall–Kier alpha value is -1.24. The topological polar surface area (TPSA) is 95.5 Å². The Morgan fingerprint density at radius 2 is 2.08 bits per heavy atom. The molecule has 0 fully saturated rings. The van der Waals surface area contributed by atoms with Crippen LogP contribution in [0, 0.1) is 6.92 Å². The van der Waals surface area contributed by atoms with Crippen LogP contribution in [0.4, 0.5) is 0 Å². The van der Waals surface area contributed by atoms with Crippen molar-refractivity contribution >= 4 is 51.3 Å². The Kier molecular flexibility index (Phi) is 9.47. The molecule has 2 rings (SSSR count). The molecule has 0 amide bonds. The van der Waals surface area contributed by atoms with Crippen LogP contribution in [-0.4, -0.2) is 40.0 Å². The number of aromatic nitrogens is 1. The van der Waals surface area contributed by atoms with Crippen molar-refractivity contribution in [1.82, 2.24) is 20.3 Å². The van der Waals surface area contributed by atoms with Crippen molar-refractivity contribution in [2.24, 2.45) is 4.99 Å². The lowest BCUT2D eigenvalue weighted by molar-refractivity contribution is 0.588. The maximum Gasteiger partial charge on any atom is 0.240 e. The highest BCUT2D eigenvalue weighted by Crippen LogP contribution is 2.11. The summed E-state index contributed by atoms with van der Waals surface area (Å²) in [7, 11) is -0.340.